The van der Waals surface area contributed by atoms with Gasteiger partial charge in [0.15, 0.2) is 5.79 Å². The van der Waals surface area contributed by atoms with Crippen LogP contribution in [0.4, 0.5) is 0 Å². The van der Waals surface area contributed by atoms with Crippen molar-refractivity contribution in [1.82, 2.24) is 5.06 Å². The van der Waals surface area contributed by atoms with E-state index in [4.69, 9.17) is 24.8 Å². The molecule has 2 N–H and O–H groups in total. The molecule has 1 aromatic carbocycles. The molecule has 0 saturated carbocycles. The molecule has 3 aliphatic rings. The molecule has 0 bridgehead atoms. The summed E-state index contributed by atoms with van der Waals surface area (Å²) in [6.45, 7) is 7.69. The summed E-state index contributed by atoms with van der Waals surface area (Å²) in [6, 6.07) is 10.9. The number of rotatable bonds is 9. The first-order chi connectivity index (χ1) is 14.5. The van der Waals surface area contributed by atoms with Gasteiger partial charge in [-0.05, 0) is 64.5 Å². The lowest BCUT2D eigenvalue weighted by molar-refractivity contribution is -0.377. The van der Waals surface area contributed by atoms with Crippen LogP contribution in [0.15, 0.2) is 30.3 Å². The minimum Gasteiger partial charge on any atom is -0.342 e. The molecule has 0 spiro atoms. The maximum absolute atomic E-state index is 6.75. The number of nitrogens with two attached hydrogens (primary N) is 1. The normalized spacial score (nSPS) is 35.7. The second-order valence-corrected chi connectivity index (χ2v) is 9.34. The zero-order valence-electron chi connectivity index (χ0n) is 18.7. The van der Waals surface area contributed by atoms with Crippen LogP contribution in [0.1, 0.15) is 64.9 Å². The molecule has 3 heterocycles. The van der Waals surface area contributed by atoms with Gasteiger partial charge in [-0.15, -0.1) is 0 Å². The monoisotopic (exact) mass is 418 g/mol. The number of hydrogen-bond donors (Lipinski definition) is 1. The summed E-state index contributed by atoms with van der Waals surface area (Å²) >= 11 is 0. The fourth-order valence-electron chi connectivity index (χ4n) is 5.22. The third-order valence-electron chi connectivity index (χ3n) is 6.61. The first kappa shape index (κ1) is 22.2. The smallest absolute Gasteiger partial charge is 0.217 e. The first-order valence-electron chi connectivity index (χ1n) is 11.7. The molecule has 0 aliphatic carbocycles. The van der Waals surface area contributed by atoms with Gasteiger partial charge in [0.1, 0.15) is 12.2 Å². The van der Waals surface area contributed by atoms with Crippen LogP contribution in [0.25, 0.3) is 0 Å². The van der Waals surface area contributed by atoms with E-state index in [-0.39, 0.29) is 18.3 Å². The predicted octanol–water partition coefficient (Wildman–Crippen LogP) is 3.78. The first-order valence-corrected chi connectivity index (χ1v) is 11.7. The fraction of sp³-hybridized carbons (Fsp3) is 0.750. The fourth-order valence-corrected chi connectivity index (χ4v) is 5.22. The van der Waals surface area contributed by atoms with E-state index < -0.39 is 11.6 Å². The average Bonchev–Trinajstić information content (AvgIpc) is 3.37. The highest BCUT2D eigenvalue weighted by atomic mass is 16.9. The highest BCUT2D eigenvalue weighted by Crippen LogP contribution is 2.48. The number of fused-ring (bicyclic) bond motifs is 1. The van der Waals surface area contributed by atoms with Crippen molar-refractivity contribution >= 4 is 0 Å². The Morgan fingerprint density at radius 3 is 2.70 bits per heavy atom. The SMILES string of the molecule is CC[C@H]1O[C@](CCCc2ccccc2)(ON2CCCC2CCN)[C@H]2OC(C)(C)O[C@@H]12. The zero-order chi connectivity index (χ0) is 21.2. The third-order valence-corrected chi connectivity index (χ3v) is 6.61. The highest BCUT2D eigenvalue weighted by molar-refractivity contribution is 5.14. The lowest BCUT2D eigenvalue weighted by atomic mass is 9.97. The Balaban J connectivity index is 1.54. The molecular formula is C24H38N2O4. The summed E-state index contributed by atoms with van der Waals surface area (Å²) in [5.74, 6) is -1.44. The molecule has 30 heavy (non-hydrogen) atoms. The molecule has 1 unspecified atom stereocenters. The molecule has 3 saturated heterocycles. The maximum atomic E-state index is 6.75. The van der Waals surface area contributed by atoms with Gasteiger partial charge in [-0.3, -0.25) is 4.84 Å². The van der Waals surface area contributed by atoms with Crippen LogP contribution in [0.2, 0.25) is 0 Å². The minimum absolute atomic E-state index is 0.0240. The Labute approximate surface area is 180 Å². The topological polar surface area (TPSA) is 66.2 Å². The number of hydroxylamine groups is 2. The van der Waals surface area contributed by atoms with E-state index in [1.54, 1.807) is 0 Å². The van der Waals surface area contributed by atoms with Crippen LogP contribution in [0.5, 0.6) is 0 Å². The summed E-state index contributed by atoms with van der Waals surface area (Å²) < 4.78 is 19.3. The predicted molar refractivity (Wildman–Crippen MR) is 116 cm³/mol. The molecule has 0 aromatic heterocycles. The maximum Gasteiger partial charge on any atom is 0.217 e. The van der Waals surface area contributed by atoms with Gasteiger partial charge in [0, 0.05) is 19.0 Å². The van der Waals surface area contributed by atoms with E-state index >= 15 is 0 Å². The van der Waals surface area contributed by atoms with Crippen molar-refractivity contribution in [3.63, 3.8) is 0 Å². The van der Waals surface area contributed by atoms with Crippen LogP contribution in [-0.2, 0) is 25.5 Å². The van der Waals surface area contributed by atoms with Gasteiger partial charge in [-0.25, -0.2) is 0 Å². The highest BCUT2D eigenvalue weighted by Gasteiger charge is 2.64. The van der Waals surface area contributed by atoms with Crippen molar-refractivity contribution < 1.29 is 19.0 Å². The van der Waals surface area contributed by atoms with Gasteiger partial charge in [-0.1, -0.05) is 37.3 Å². The summed E-state index contributed by atoms with van der Waals surface area (Å²) in [5, 5.41) is 2.12. The number of hydrogen-bond acceptors (Lipinski definition) is 6. The second kappa shape index (κ2) is 9.23. The molecule has 1 aromatic rings. The van der Waals surface area contributed by atoms with Crippen molar-refractivity contribution in [2.45, 2.75) is 102 Å². The van der Waals surface area contributed by atoms with E-state index in [0.29, 0.717) is 12.6 Å². The van der Waals surface area contributed by atoms with Gasteiger partial charge in [0.25, 0.3) is 0 Å². The van der Waals surface area contributed by atoms with Crippen molar-refractivity contribution in [2.75, 3.05) is 13.1 Å². The standard InChI is InChI=1S/C24H38N2O4/c1-4-20-21-22(29-23(2,3)28-21)24(27-20,15-8-12-18-10-6-5-7-11-18)30-26-17-9-13-19(26)14-16-25/h5-7,10-11,19-22H,4,8-9,12-17,25H2,1-3H3/t19?,20-,21+,22+,24-/m1/s1. The molecule has 0 amide bonds. The van der Waals surface area contributed by atoms with Gasteiger partial charge >= 0.3 is 0 Å². The summed E-state index contributed by atoms with van der Waals surface area (Å²) in [5.41, 5.74) is 7.20. The molecule has 6 heteroatoms. The number of ether oxygens (including phenoxy) is 3. The molecule has 3 aliphatic heterocycles. The third kappa shape index (κ3) is 4.59. The van der Waals surface area contributed by atoms with Crippen LogP contribution in [0.3, 0.4) is 0 Å². The van der Waals surface area contributed by atoms with Gasteiger partial charge < -0.3 is 19.9 Å². The van der Waals surface area contributed by atoms with Crippen molar-refractivity contribution in [3.8, 4) is 0 Å². The van der Waals surface area contributed by atoms with E-state index in [1.165, 1.54) is 5.56 Å². The van der Waals surface area contributed by atoms with Crippen LogP contribution in [-0.4, -0.2) is 54.1 Å². The molecular weight excluding hydrogens is 380 g/mol. The molecule has 0 radical (unpaired) electrons. The molecule has 168 valence electrons. The zero-order valence-corrected chi connectivity index (χ0v) is 18.7. The Kier molecular flexibility index (Phi) is 6.82. The van der Waals surface area contributed by atoms with Crippen molar-refractivity contribution in [1.29, 1.82) is 0 Å². The number of benzene rings is 1. The van der Waals surface area contributed by atoms with E-state index in [9.17, 15) is 0 Å². The van der Waals surface area contributed by atoms with Crippen LogP contribution >= 0.6 is 0 Å². The van der Waals surface area contributed by atoms with E-state index in [0.717, 1.165) is 51.5 Å². The summed E-state index contributed by atoms with van der Waals surface area (Å²) in [6.07, 6.45) is 6.41. The van der Waals surface area contributed by atoms with E-state index in [2.05, 4.69) is 42.3 Å². The molecule has 5 atom stereocenters. The quantitative estimate of drug-likeness (QED) is 0.658. The van der Waals surface area contributed by atoms with E-state index in [1.807, 2.05) is 13.8 Å². The lowest BCUT2D eigenvalue weighted by Crippen LogP contribution is -2.51. The molecule has 4 rings (SSSR count). The Hall–Kier alpha value is -1.02. The van der Waals surface area contributed by atoms with Gasteiger partial charge in [0.05, 0.1) is 6.10 Å². The Morgan fingerprint density at radius 1 is 1.17 bits per heavy atom. The Bertz CT molecular complexity index is 685. The minimum atomic E-state index is -0.814. The van der Waals surface area contributed by atoms with Gasteiger partial charge in [-0.2, -0.15) is 5.06 Å². The van der Waals surface area contributed by atoms with Crippen LogP contribution in [0, 0.1) is 0 Å². The molecule has 6 nitrogen and oxygen atoms in total. The second-order valence-electron chi connectivity index (χ2n) is 9.34. The summed E-state index contributed by atoms with van der Waals surface area (Å²) in [4.78, 5) is 6.75. The van der Waals surface area contributed by atoms with Gasteiger partial charge in [0.2, 0.25) is 5.79 Å². The lowest BCUT2D eigenvalue weighted by Gasteiger charge is -2.39. The largest absolute Gasteiger partial charge is 0.342 e. The van der Waals surface area contributed by atoms with Crippen molar-refractivity contribution in [2.24, 2.45) is 5.73 Å². The summed E-state index contributed by atoms with van der Waals surface area (Å²) in [7, 11) is 0. The number of aryl methyl sites for hydroxylation is 1. The number of nitrogens with zero attached hydrogens (tertiary/aromatic N) is 1. The van der Waals surface area contributed by atoms with Crippen LogP contribution < -0.4 is 5.73 Å². The molecule has 3 fully saturated rings. The van der Waals surface area contributed by atoms with Crippen molar-refractivity contribution in [3.05, 3.63) is 35.9 Å². The Morgan fingerprint density at radius 2 is 1.97 bits per heavy atom. The average molecular weight is 419 g/mol.